The maximum absolute atomic E-state index is 9.29. The Balaban J connectivity index is 0.000000252. The Labute approximate surface area is 80.4 Å². The van der Waals surface area contributed by atoms with Crippen molar-refractivity contribution in [2.45, 2.75) is 0 Å². The van der Waals surface area contributed by atoms with Gasteiger partial charge in [-0.25, -0.2) is 9.97 Å². The highest BCUT2D eigenvalue weighted by molar-refractivity contribution is 7.81. The summed E-state index contributed by atoms with van der Waals surface area (Å²) in [6.45, 7) is 0. The molecule has 0 aliphatic heterocycles. The van der Waals surface area contributed by atoms with Crippen molar-refractivity contribution in [2.75, 3.05) is 17.2 Å². The number of anilines is 2. The maximum atomic E-state index is 9.29. The van der Waals surface area contributed by atoms with Crippen molar-refractivity contribution >= 4 is 30.2 Å². The molecule has 0 radical (unpaired) electrons. The lowest BCUT2D eigenvalue weighted by Gasteiger charge is -1.89. The van der Waals surface area contributed by atoms with Crippen molar-refractivity contribution in [3.05, 3.63) is 12.4 Å². The molecule has 0 saturated heterocycles. The lowest BCUT2D eigenvalue weighted by molar-refractivity contribution is -0.133. The van der Waals surface area contributed by atoms with Gasteiger partial charge in [0.15, 0.2) is 0 Å². The van der Waals surface area contributed by atoms with Gasteiger partial charge in [0, 0.05) is 6.07 Å². The molecule has 72 valence electrons. The standard InChI is InChI=1S/C4H6N4.C2H4O2S/c5-3-1-4(6)8-2-7-3;3-2(4)1-5/h1-2H,(H4,5,6,7,8);5H,1H2,(H,3,4). The molecule has 0 spiro atoms. The Bertz CT molecular complexity index is 264. The quantitative estimate of drug-likeness (QED) is 0.462. The molecular weight excluding hydrogens is 192 g/mol. The number of hydrogen-bond acceptors (Lipinski definition) is 6. The molecule has 0 aromatic carbocycles. The second-order valence-electron chi connectivity index (χ2n) is 1.92. The van der Waals surface area contributed by atoms with Crippen molar-refractivity contribution in [1.82, 2.24) is 9.97 Å². The molecule has 6 nitrogen and oxygen atoms in total. The van der Waals surface area contributed by atoms with Gasteiger partial charge in [-0.2, -0.15) is 12.6 Å². The van der Waals surface area contributed by atoms with Gasteiger partial charge in [-0.15, -0.1) is 0 Å². The minimum Gasteiger partial charge on any atom is -0.481 e. The van der Waals surface area contributed by atoms with Crippen LogP contribution >= 0.6 is 12.6 Å². The number of thiol groups is 1. The zero-order valence-corrected chi connectivity index (χ0v) is 7.61. The van der Waals surface area contributed by atoms with Crippen LogP contribution in [-0.4, -0.2) is 26.8 Å². The van der Waals surface area contributed by atoms with Crippen LogP contribution in [0.15, 0.2) is 12.4 Å². The summed E-state index contributed by atoms with van der Waals surface area (Å²) in [6.07, 6.45) is 1.32. The van der Waals surface area contributed by atoms with E-state index < -0.39 is 5.97 Å². The maximum Gasteiger partial charge on any atom is 0.313 e. The van der Waals surface area contributed by atoms with E-state index in [4.69, 9.17) is 16.6 Å². The highest BCUT2D eigenvalue weighted by Crippen LogP contribution is 1.97. The number of nitrogens with two attached hydrogens (primary N) is 2. The van der Waals surface area contributed by atoms with Crippen LogP contribution in [0.1, 0.15) is 0 Å². The highest BCUT2D eigenvalue weighted by Gasteiger charge is 1.84. The van der Waals surface area contributed by atoms with Crippen LogP contribution in [0.5, 0.6) is 0 Å². The number of nitrogens with zero attached hydrogens (tertiary/aromatic N) is 2. The number of aliphatic carboxylic acids is 1. The molecule has 0 saturated carbocycles. The summed E-state index contributed by atoms with van der Waals surface area (Å²) in [5.41, 5.74) is 10.5. The molecule has 0 bridgehead atoms. The van der Waals surface area contributed by atoms with Gasteiger partial charge in [-0.1, -0.05) is 0 Å². The number of aromatic nitrogens is 2. The Morgan fingerprint density at radius 1 is 1.46 bits per heavy atom. The second-order valence-corrected chi connectivity index (χ2v) is 2.24. The zero-order chi connectivity index (χ0) is 10.3. The fourth-order valence-electron chi connectivity index (χ4n) is 0.388. The Morgan fingerprint density at radius 2 is 1.85 bits per heavy atom. The molecule has 13 heavy (non-hydrogen) atoms. The SMILES string of the molecule is Nc1cc(N)ncn1.O=C(O)CS. The average Bonchev–Trinajstić information content (AvgIpc) is 2.05. The number of carboxylic acid groups (broad SMARTS) is 1. The highest BCUT2D eigenvalue weighted by atomic mass is 32.1. The molecule has 0 aliphatic rings. The first kappa shape index (κ1) is 11.5. The molecule has 1 heterocycles. The molecular formula is C6H10N4O2S. The Kier molecular flexibility index (Phi) is 5.37. The monoisotopic (exact) mass is 202 g/mol. The van der Waals surface area contributed by atoms with Crippen molar-refractivity contribution in [2.24, 2.45) is 0 Å². The summed E-state index contributed by atoms with van der Waals surface area (Å²) in [7, 11) is 0. The molecule has 0 aliphatic carbocycles. The Hall–Kier alpha value is -1.50. The second kappa shape index (κ2) is 6.06. The average molecular weight is 202 g/mol. The third kappa shape index (κ3) is 6.88. The van der Waals surface area contributed by atoms with Gasteiger partial charge in [0.05, 0.1) is 5.75 Å². The lowest BCUT2D eigenvalue weighted by Crippen LogP contribution is -1.94. The van der Waals surface area contributed by atoms with E-state index >= 15 is 0 Å². The molecule has 5 N–H and O–H groups in total. The van der Waals surface area contributed by atoms with E-state index in [9.17, 15) is 4.79 Å². The van der Waals surface area contributed by atoms with Gasteiger partial charge in [0.1, 0.15) is 18.0 Å². The first-order chi connectivity index (χ1) is 6.06. The van der Waals surface area contributed by atoms with E-state index in [0.717, 1.165) is 0 Å². The zero-order valence-electron chi connectivity index (χ0n) is 6.71. The molecule has 7 heteroatoms. The van der Waals surface area contributed by atoms with Gasteiger partial charge < -0.3 is 16.6 Å². The van der Waals surface area contributed by atoms with Crippen molar-refractivity contribution in [3.63, 3.8) is 0 Å². The summed E-state index contributed by atoms with van der Waals surface area (Å²) in [5.74, 6) is -0.164. The van der Waals surface area contributed by atoms with Gasteiger partial charge in [-0.05, 0) is 0 Å². The summed E-state index contributed by atoms with van der Waals surface area (Å²) >= 11 is 3.42. The Morgan fingerprint density at radius 3 is 2.00 bits per heavy atom. The van der Waals surface area contributed by atoms with E-state index in [1.807, 2.05) is 0 Å². The smallest absolute Gasteiger partial charge is 0.313 e. The molecule has 0 unspecified atom stereocenters. The van der Waals surface area contributed by atoms with E-state index in [-0.39, 0.29) is 5.75 Å². The fraction of sp³-hybridized carbons (Fsp3) is 0.167. The lowest BCUT2D eigenvalue weighted by atomic mass is 10.5. The fourth-order valence-corrected chi connectivity index (χ4v) is 0.388. The van der Waals surface area contributed by atoms with Crippen molar-refractivity contribution in [3.8, 4) is 0 Å². The first-order valence-electron chi connectivity index (χ1n) is 3.22. The largest absolute Gasteiger partial charge is 0.481 e. The number of carboxylic acids is 1. The van der Waals surface area contributed by atoms with Gasteiger partial charge in [0.2, 0.25) is 0 Å². The van der Waals surface area contributed by atoms with Crippen LogP contribution in [-0.2, 0) is 4.79 Å². The molecule has 1 aromatic rings. The van der Waals surface area contributed by atoms with E-state index in [1.165, 1.54) is 12.4 Å². The molecule has 0 atom stereocenters. The van der Waals surface area contributed by atoms with Crippen LogP contribution < -0.4 is 11.5 Å². The van der Waals surface area contributed by atoms with Crippen LogP contribution in [0, 0.1) is 0 Å². The molecule has 0 fully saturated rings. The van der Waals surface area contributed by atoms with Crippen LogP contribution in [0.3, 0.4) is 0 Å². The van der Waals surface area contributed by atoms with Crippen molar-refractivity contribution < 1.29 is 9.90 Å². The third-order valence-electron chi connectivity index (χ3n) is 0.845. The van der Waals surface area contributed by atoms with Crippen LogP contribution in [0.4, 0.5) is 11.6 Å². The van der Waals surface area contributed by atoms with Crippen LogP contribution in [0.2, 0.25) is 0 Å². The topological polar surface area (TPSA) is 115 Å². The number of rotatable bonds is 1. The summed E-state index contributed by atoms with van der Waals surface area (Å²) in [4.78, 5) is 16.5. The minimum atomic E-state index is -0.881. The summed E-state index contributed by atoms with van der Waals surface area (Å²) < 4.78 is 0. The number of carbonyl (C=O) groups is 1. The minimum absolute atomic E-state index is 0.0833. The summed E-state index contributed by atoms with van der Waals surface area (Å²) in [6, 6.07) is 1.50. The first-order valence-corrected chi connectivity index (χ1v) is 3.85. The predicted molar refractivity (Wildman–Crippen MR) is 52.3 cm³/mol. The van der Waals surface area contributed by atoms with Gasteiger partial charge in [-0.3, -0.25) is 4.79 Å². The third-order valence-corrected chi connectivity index (χ3v) is 1.12. The predicted octanol–water partition coefficient (Wildman–Crippen LogP) is -0.358. The van der Waals surface area contributed by atoms with Gasteiger partial charge >= 0.3 is 5.97 Å². The molecule has 1 aromatic heterocycles. The summed E-state index contributed by atoms with van der Waals surface area (Å²) in [5, 5.41) is 7.65. The molecule has 0 amide bonds. The molecule has 1 rings (SSSR count). The van der Waals surface area contributed by atoms with E-state index in [0.29, 0.717) is 11.6 Å². The number of nitrogen functional groups attached to an aromatic ring is 2. The van der Waals surface area contributed by atoms with Crippen molar-refractivity contribution in [1.29, 1.82) is 0 Å². The van der Waals surface area contributed by atoms with Gasteiger partial charge in [0.25, 0.3) is 0 Å². The van der Waals surface area contributed by atoms with E-state index in [1.54, 1.807) is 0 Å². The van der Waals surface area contributed by atoms with Crippen LogP contribution in [0.25, 0.3) is 0 Å². The normalized spacial score (nSPS) is 8.38. The van der Waals surface area contributed by atoms with E-state index in [2.05, 4.69) is 22.6 Å². The number of hydrogen-bond donors (Lipinski definition) is 4.